The summed E-state index contributed by atoms with van der Waals surface area (Å²) in [5.74, 6) is 1.76. The Morgan fingerprint density at radius 2 is 1.79 bits per heavy atom. The fourth-order valence-electron chi connectivity index (χ4n) is 4.45. The van der Waals surface area contributed by atoms with Gasteiger partial charge in [-0.05, 0) is 44.7 Å². The zero-order chi connectivity index (χ0) is 16.5. The molecule has 1 atom stereocenters. The standard InChI is InChI=1S/C20H27N3O/c1-14(20(24)21-16-10-4-5-11-16)23-18-13-7-6-12-17(18)22-19(23)15-8-2-3-9-15/h6-7,12-16H,2-5,8-11H2,1H3,(H,21,24). The number of hydrogen-bond donors (Lipinski definition) is 1. The second kappa shape index (κ2) is 6.58. The number of carbonyl (C=O) groups is 1. The highest BCUT2D eigenvalue weighted by atomic mass is 16.2. The molecule has 0 saturated heterocycles. The molecule has 1 aromatic carbocycles. The Balaban J connectivity index is 1.67. The molecule has 0 bridgehead atoms. The zero-order valence-corrected chi connectivity index (χ0v) is 14.5. The van der Waals surface area contributed by atoms with Crippen molar-refractivity contribution in [2.75, 3.05) is 0 Å². The topological polar surface area (TPSA) is 46.9 Å². The molecule has 2 saturated carbocycles. The van der Waals surface area contributed by atoms with E-state index < -0.39 is 0 Å². The maximum atomic E-state index is 12.8. The first-order valence-corrected chi connectivity index (χ1v) is 9.51. The Morgan fingerprint density at radius 1 is 1.12 bits per heavy atom. The number of aromatic nitrogens is 2. The number of rotatable bonds is 4. The first-order valence-electron chi connectivity index (χ1n) is 9.51. The zero-order valence-electron chi connectivity index (χ0n) is 14.5. The van der Waals surface area contributed by atoms with Gasteiger partial charge < -0.3 is 9.88 Å². The van der Waals surface area contributed by atoms with Crippen molar-refractivity contribution in [2.24, 2.45) is 0 Å². The molecule has 2 fully saturated rings. The van der Waals surface area contributed by atoms with E-state index in [1.54, 1.807) is 0 Å². The number of benzene rings is 1. The van der Waals surface area contributed by atoms with Crippen LogP contribution in [0.3, 0.4) is 0 Å². The SMILES string of the molecule is CC(C(=O)NC1CCCC1)n1c(C2CCCC2)nc2ccccc21. The molecule has 2 aliphatic rings. The van der Waals surface area contributed by atoms with Gasteiger partial charge in [0.15, 0.2) is 0 Å². The van der Waals surface area contributed by atoms with E-state index in [2.05, 4.69) is 22.0 Å². The van der Waals surface area contributed by atoms with E-state index in [-0.39, 0.29) is 11.9 Å². The van der Waals surface area contributed by atoms with Crippen molar-refractivity contribution in [1.82, 2.24) is 14.9 Å². The van der Waals surface area contributed by atoms with Gasteiger partial charge in [-0.3, -0.25) is 4.79 Å². The van der Waals surface area contributed by atoms with Crippen molar-refractivity contribution in [3.05, 3.63) is 30.1 Å². The number of para-hydroxylation sites is 2. The quantitative estimate of drug-likeness (QED) is 0.910. The van der Waals surface area contributed by atoms with Crippen molar-refractivity contribution in [3.8, 4) is 0 Å². The van der Waals surface area contributed by atoms with Gasteiger partial charge in [0.2, 0.25) is 5.91 Å². The summed E-state index contributed by atoms with van der Waals surface area (Å²) in [5.41, 5.74) is 2.10. The third-order valence-corrected chi connectivity index (χ3v) is 5.81. The Labute approximate surface area is 143 Å². The van der Waals surface area contributed by atoms with Crippen LogP contribution in [0, 0.1) is 0 Å². The lowest BCUT2D eigenvalue weighted by Crippen LogP contribution is -2.37. The number of nitrogens with zero attached hydrogens (tertiary/aromatic N) is 2. The van der Waals surface area contributed by atoms with E-state index in [0.29, 0.717) is 12.0 Å². The molecule has 1 heterocycles. The predicted molar refractivity (Wildman–Crippen MR) is 96.1 cm³/mol. The van der Waals surface area contributed by atoms with Gasteiger partial charge in [-0.2, -0.15) is 0 Å². The van der Waals surface area contributed by atoms with Crippen LogP contribution in [-0.4, -0.2) is 21.5 Å². The van der Waals surface area contributed by atoms with Crippen molar-refractivity contribution in [1.29, 1.82) is 0 Å². The van der Waals surface area contributed by atoms with Gasteiger partial charge in [0.25, 0.3) is 0 Å². The molecular formula is C20H27N3O. The van der Waals surface area contributed by atoms with Crippen LogP contribution in [0.25, 0.3) is 11.0 Å². The Kier molecular flexibility index (Phi) is 4.30. The summed E-state index contributed by atoms with van der Waals surface area (Å²) in [5, 5.41) is 3.26. The summed E-state index contributed by atoms with van der Waals surface area (Å²) in [6.07, 6.45) is 9.66. The summed E-state index contributed by atoms with van der Waals surface area (Å²) in [6.45, 7) is 2.02. The number of fused-ring (bicyclic) bond motifs is 1. The van der Waals surface area contributed by atoms with E-state index in [9.17, 15) is 4.79 Å². The van der Waals surface area contributed by atoms with E-state index >= 15 is 0 Å². The second-order valence-corrected chi connectivity index (χ2v) is 7.48. The van der Waals surface area contributed by atoms with Gasteiger partial charge in [-0.25, -0.2) is 4.98 Å². The molecule has 24 heavy (non-hydrogen) atoms. The highest BCUT2D eigenvalue weighted by Gasteiger charge is 2.29. The van der Waals surface area contributed by atoms with Gasteiger partial charge in [0.05, 0.1) is 11.0 Å². The molecule has 1 aromatic heterocycles. The largest absolute Gasteiger partial charge is 0.352 e. The number of carbonyl (C=O) groups excluding carboxylic acids is 1. The lowest BCUT2D eigenvalue weighted by Gasteiger charge is -2.22. The third-order valence-electron chi connectivity index (χ3n) is 5.81. The number of imidazole rings is 1. The molecule has 0 spiro atoms. The summed E-state index contributed by atoms with van der Waals surface area (Å²) >= 11 is 0. The van der Waals surface area contributed by atoms with Crippen LogP contribution >= 0.6 is 0 Å². The van der Waals surface area contributed by atoms with Crippen LogP contribution in [0.1, 0.15) is 76.1 Å². The maximum absolute atomic E-state index is 12.8. The molecule has 4 rings (SSSR count). The molecule has 2 aliphatic carbocycles. The predicted octanol–water partition coefficient (Wildman–Crippen LogP) is 4.31. The Hall–Kier alpha value is -1.84. The van der Waals surface area contributed by atoms with Gasteiger partial charge >= 0.3 is 0 Å². The summed E-state index contributed by atoms with van der Waals surface area (Å²) in [6, 6.07) is 8.40. The monoisotopic (exact) mass is 325 g/mol. The van der Waals surface area contributed by atoms with Gasteiger partial charge in [-0.1, -0.05) is 37.8 Å². The lowest BCUT2D eigenvalue weighted by atomic mass is 10.1. The first-order chi connectivity index (χ1) is 11.7. The van der Waals surface area contributed by atoms with Crippen LogP contribution < -0.4 is 5.32 Å². The second-order valence-electron chi connectivity index (χ2n) is 7.48. The average Bonchev–Trinajstić information content (AvgIpc) is 3.33. The van der Waals surface area contributed by atoms with Crippen LogP contribution in [-0.2, 0) is 4.79 Å². The number of amides is 1. The number of nitrogens with one attached hydrogen (secondary N) is 1. The summed E-state index contributed by atoms with van der Waals surface area (Å²) < 4.78 is 2.20. The molecule has 4 nitrogen and oxygen atoms in total. The molecule has 0 aliphatic heterocycles. The smallest absolute Gasteiger partial charge is 0.243 e. The van der Waals surface area contributed by atoms with E-state index in [4.69, 9.17) is 4.98 Å². The molecule has 128 valence electrons. The molecule has 2 aromatic rings. The summed E-state index contributed by atoms with van der Waals surface area (Å²) in [7, 11) is 0. The van der Waals surface area contributed by atoms with Crippen LogP contribution in [0.5, 0.6) is 0 Å². The van der Waals surface area contributed by atoms with Crippen LogP contribution in [0.15, 0.2) is 24.3 Å². The van der Waals surface area contributed by atoms with E-state index in [1.807, 2.05) is 19.1 Å². The Morgan fingerprint density at radius 3 is 2.54 bits per heavy atom. The third kappa shape index (κ3) is 2.83. The fourth-order valence-corrected chi connectivity index (χ4v) is 4.45. The van der Waals surface area contributed by atoms with Crippen molar-refractivity contribution in [2.45, 2.75) is 76.3 Å². The maximum Gasteiger partial charge on any atom is 0.243 e. The molecule has 1 N–H and O–H groups in total. The minimum Gasteiger partial charge on any atom is -0.352 e. The van der Waals surface area contributed by atoms with Gasteiger partial charge in [-0.15, -0.1) is 0 Å². The van der Waals surface area contributed by atoms with Crippen molar-refractivity contribution in [3.63, 3.8) is 0 Å². The summed E-state index contributed by atoms with van der Waals surface area (Å²) in [4.78, 5) is 17.8. The van der Waals surface area contributed by atoms with Crippen molar-refractivity contribution >= 4 is 16.9 Å². The first kappa shape index (κ1) is 15.7. The molecule has 0 radical (unpaired) electrons. The lowest BCUT2D eigenvalue weighted by molar-refractivity contribution is -0.124. The van der Waals surface area contributed by atoms with Crippen molar-refractivity contribution < 1.29 is 4.79 Å². The van der Waals surface area contributed by atoms with E-state index in [1.165, 1.54) is 38.5 Å². The normalized spacial score (nSPS) is 20.7. The minimum atomic E-state index is -0.200. The molecule has 1 amide bonds. The highest BCUT2D eigenvalue weighted by Crippen LogP contribution is 2.36. The van der Waals surface area contributed by atoms with Gasteiger partial charge in [0.1, 0.15) is 11.9 Å². The minimum absolute atomic E-state index is 0.143. The van der Waals surface area contributed by atoms with Gasteiger partial charge in [0, 0.05) is 12.0 Å². The molecular weight excluding hydrogens is 298 g/mol. The van der Waals surface area contributed by atoms with Crippen LogP contribution in [0.4, 0.5) is 0 Å². The number of hydrogen-bond acceptors (Lipinski definition) is 2. The fraction of sp³-hybridized carbons (Fsp3) is 0.600. The highest BCUT2D eigenvalue weighted by molar-refractivity contribution is 5.84. The average molecular weight is 325 g/mol. The van der Waals surface area contributed by atoms with E-state index in [0.717, 1.165) is 29.7 Å². The van der Waals surface area contributed by atoms with Crippen LogP contribution in [0.2, 0.25) is 0 Å². The molecule has 1 unspecified atom stereocenters. The Bertz CT molecular complexity index is 724. The molecule has 4 heteroatoms.